The van der Waals surface area contributed by atoms with Crippen LogP contribution < -0.4 is 0 Å². The van der Waals surface area contributed by atoms with Gasteiger partial charge in [0.15, 0.2) is 0 Å². The molecule has 1 heteroatoms. The van der Waals surface area contributed by atoms with Gasteiger partial charge < -0.3 is 0 Å². The van der Waals surface area contributed by atoms with Crippen LogP contribution in [-0.4, -0.2) is 5.33 Å². The molecule has 0 aromatic heterocycles. The van der Waals surface area contributed by atoms with Crippen molar-refractivity contribution in [3.8, 4) is 0 Å². The van der Waals surface area contributed by atoms with E-state index in [0.29, 0.717) is 5.41 Å². The van der Waals surface area contributed by atoms with E-state index in [0.717, 1.165) is 5.33 Å². The molecule has 0 spiro atoms. The summed E-state index contributed by atoms with van der Waals surface area (Å²) in [5, 5.41) is 1.12. The Balaban J connectivity index is 2.42. The van der Waals surface area contributed by atoms with Gasteiger partial charge in [0.2, 0.25) is 0 Å². The van der Waals surface area contributed by atoms with Crippen molar-refractivity contribution in [2.45, 2.75) is 44.4 Å². The van der Waals surface area contributed by atoms with Crippen LogP contribution in [0, 0.1) is 0 Å². The number of hydrogen-bond acceptors (Lipinski definition) is 0. The molecule has 0 fully saturated rings. The zero-order valence-corrected chi connectivity index (χ0v) is 11.0. The van der Waals surface area contributed by atoms with Crippen LogP contribution in [0.15, 0.2) is 24.3 Å². The minimum Gasteiger partial charge on any atom is -0.0918 e. The number of hydrogen-bond donors (Lipinski definition) is 0. The number of benzene rings is 1. The highest BCUT2D eigenvalue weighted by atomic mass is 79.9. The zero-order valence-electron chi connectivity index (χ0n) is 9.43. The third-order valence-corrected chi connectivity index (χ3v) is 4.75. The molecule has 82 valence electrons. The minimum absolute atomic E-state index is 0.420. The van der Waals surface area contributed by atoms with Crippen molar-refractivity contribution in [1.82, 2.24) is 0 Å². The Morgan fingerprint density at radius 3 is 2.87 bits per heavy atom. The van der Waals surface area contributed by atoms with Crippen LogP contribution in [0.25, 0.3) is 0 Å². The van der Waals surface area contributed by atoms with Crippen molar-refractivity contribution in [1.29, 1.82) is 0 Å². The predicted octanol–water partition coefficient (Wildman–Crippen LogP) is 4.46. The van der Waals surface area contributed by atoms with E-state index < -0.39 is 0 Å². The fourth-order valence-corrected chi connectivity index (χ4v) is 3.81. The average Bonchev–Trinajstić information content (AvgIpc) is 2.30. The topological polar surface area (TPSA) is 0 Å². The molecule has 1 aliphatic carbocycles. The van der Waals surface area contributed by atoms with Gasteiger partial charge in [-0.3, -0.25) is 0 Å². The predicted molar refractivity (Wildman–Crippen MR) is 69.8 cm³/mol. The van der Waals surface area contributed by atoms with Gasteiger partial charge in [-0.1, -0.05) is 53.5 Å². The largest absolute Gasteiger partial charge is 0.0918 e. The van der Waals surface area contributed by atoms with Crippen molar-refractivity contribution in [3.63, 3.8) is 0 Å². The Hall–Kier alpha value is -0.300. The molecule has 2 rings (SSSR count). The molecule has 0 heterocycles. The van der Waals surface area contributed by atoms with Crippen molar-refractivity contribution >= 4 is 15.9 Å². The molecule has 1 aromatic rings. The van der Waals surface area contributed by atoms with Crippen LogP contribution in [0.2, 0.25) is 0 Å². The zero-order chi connectivity index (χ0) is 10.7. The lowest BCUT2D eigenvalue weighted by atomic mass is 9.69. The smallest absolute Gasteiger partial charge is 0.0129 e. The van der Waals surface area contributed by atoms with Gasteiger partial charge in [0.1, 0.15) is 0 Å². The van der Waals surface area contributed by atoms with Gasteiger partial charge in [0, 0.05) is 10.7 Å². The van der Waals surface area contributed by atoms with E-state index in [9.17, 15) is 0 Å². The van der Waals surface area contributed by atoms with Crippen LogP contribution in [0.5, 0.6) is 0 Å². The molecule has 1 aliphatic rings. The van der Waals surface area contributed by atoms with E-state index in [1.165, 1.54) is 32.1 Å². The molecule has 0 nitrogen and oxygen atoms in total. The highest BCUT2D eigenvalue weighted by Crippen LogP contribution is 2.41. The quantitative estimate of drug-likeness (QED) is 0.709. The standard InChI is InChI=1S/C14H19Br/c1-2-9-14(11-15)10-5-7-12-6-3-4-8-13(12)14/h3-4,6,8H,2,5,7,9-11H2,1H3. The van der Waals surface area contributed by atoms with Crippen molar-refractivity contribution < 1.29 is 0 Å². The van der Waals surface area contributed by atoms with E-state index in [1.54, 1.807) is 11.1 Å². The normalized spacial score (nSPS) is 24.9. The van der Waals surface area contributed by atoms with E-state index in [4.69, 9.17) is 0 Å². The molecule has 0 radical (unpaired) electrons. The summed E-state index contributed by atoms with van der Waals surface area (Å²) in [6.45, 7) is 2.29. The van der Waals surface area contributed by atoms with Crippen LogP contribution in [0.3, 0.4) is 0 Å². The maximum Gasteiger partial charge on any atom is 0.0129 e. The fourth-order valence-electron chi connectivity index (χ4n) is 2.95. The maximum absolute atomic E-state index is 3.74. The highest BCUT2D eigenvalue weighted by molar-refractivity contribution is 9.09. The Kier molecular flexibility index (Phi) is 3.50. The van der Waals surface area contributed by atoms with Crippen LogP contribution in [-0.2, 0) is 11.8 Å². The lowest BCUT2D eigenvalue weighted by molar-refractivity contribution is 0.373. The van der Waals surface area contributed by atoms with Gasteiger partial charge in [-0.25, -0.2) is 0 Å². The second-order valence-electron chi connectivity index (χ2n) is 4.67. The van der Waals surface area contributed by atoms with E-state index in [2.05, 4.69) is 47.1 Å². The molecule has 0 saturated heterocycles. The minimum atomic E-state index is 0.420. The molecule has 15 heavy (non-hydrogen) atoms. The summed E-state index contributed by atoms with van der Waals surface area (Å²) in [6.07, 6.45) is 6.57. The third-order valence-electron chi connectivity index (χ3n) is 3.67. The molecule has 1 aromatic carbocycles. The second-order valence-corrected chi connectivity index (χ2v) is 5.24. The van der Waals surface area contributed by atoms with Crippen LogP contribution in [0.4, 0.5) is 0 Å². The highest BCUT2D eigenvalue weighted by Gasteiger charge is 2.34. The number of rotatable bonds is 3. The molecule has 0 aliphatic heterocycles. The summed E-state index contributed by atoms with van der Waals surface area (Å²) < 4.78 is 0. The molecule has 1 unspecified atom stereocenters. The van der Waals surface area contributed by atoms with Gasteiger partial charge in [-0.15, -0.1) is 0 Å². The summed E-state index contributed by atoms with van der Waals surface area (Å²) in [5.41, 5.74) is 3.61. The summed E-state index contributed by atoms with van der Waals surface area (Å²) >= 11 is 3.74. The Labute approximate surface area is 101 Å². The summed E-state index contributed by atoms with van der Waals surface area (Å²) in [6, 6.07) is 9.01. The Morgan fingerprint density at radius 2 is 2.13 bits per heavy atom. The Morgan fingerprint density at radius 1 is 1.33 bits per heavy atom. The first-order valence-corrected chi connectivity index (χ1v) is 7.09. The first kappa shape index (κ1) is 11.2. The summed E-state index contributed by atoms with van der Waals surface area (Å²) in [5.74, 6) is 0. The molecular formula is C14H19Br. The van der Waals surface area contributed by atoms with Gasteiger partial charge in [-0.05, 0) is 36.8 Å². The second kappa shape index (κ2) is 4.69. The molecule has 0 bridgehead atoms. The van der Waals surface area contributed by atoms with Crippen molar-refractivity contribution in [2.24, 2.45) is 0 Å². The average molecular weight is 267 g/mol. The van der Waals surface area contributed by atoms with Crippen LogP contribution >= 0.6 is 15.9 Å². The third kappa shape index (κ3) is 1.99. The first-order valence-electron chi connectivity index (χ1n) is 5.97. The van der Waals surface area contributed by atoms with E-state index in [-0.39, 0.29) is 0 Å². The summed E-state index contributed by atoms with van der Waals surface area (Å²) in [4.78, 5) is 0. The van der Waals surface area contributed by atoms with Crippen molar-refractivity contribution in [3.05, 3.63) is 35.4 Å². The molecular weight excluding hydrogens is 248 g/mol. The number of alkyl halides is 1. The van der Waals surface area contributed by atoms with Crippen molar-refractivity contribution in [2.75, 3.05) is 5.33 Å². The Bertz CT molecular complexity index is 332. The van der Waals surface area contributed by atoms with E-state index in [1.807, 2.05) is 0 Å². The number of aryl methyl sites for hydroxylation is 1. The van der Waals surface area contributed by atoms with E-state index >= 15 is 0 Å². The lowest BCUT2D eigenvalue weighted by Gasteiger charge is -2.38. The van der Waals surface area contributed by atoms with Gasteiger partial charge in [0.25, 0.3) is 0 Å². The fraction of sp³-hybridized carbons (Fsp3) is 0.571. The van der Waals surface area contributed by atoms with Gasteiger partial charge >= 0.3 is 0 Å². The van der Waals surface area contributed by atoms with Crippen LogP contribution in [0.1, 0.15) is 43.7 Å². The van der Waals surface area contributed by atoms with Gasteiger partial charge in [-0.2, -0.15) is 0 Å². The SMILES string of the molecule is CCCC1(CBr)CCCc2ccccc21. The first-order chi connectivity index (χ1) is 7.32. The molecule has 0 amide bonds. The monoisotopic (exact) mass is 266 g/mol. The lowest BCUT2D eigenvalue weighted by Crippen LogP contribution is -2.32. The number of fused-ring (bicyclic) bond motifs is 1. The number of halogens is 1. The van der Waals surface area contributed by atoms with Gasteiger partial charge in [0.05, 0.1) is 0 Å². The molecule has 1 atom stereocenters. The molecule has 0 saturated carbocycles. The molecule has 0 N–H and O–H groups in total. The summed E-state index contributed by atoms with van der Waals surface area (Å²) in [7, 11) is 0. The maximum atomic E-state index is 3.74.